The first kappa shape index (κ1) is 28.0. The van der Waals surface area contributed by atoms with Crippen molar-refractivity contribution in [2.45, 2.75) is 0 Å². The maximum Gasteiger partial charge on any atom is -0.00201 e. The summed E-state index contributed by atoms with van der Waals surface area (Å²) in [4.78, 5) is 0. The number of benzene rings is 9. The lowest BCUT2D eigenvalue weighted by molar-refractivity contribution is 1.58. The highest BCUT2D eigenvalue weighted by molar-refractivity contribution is 6.23. The van der Waals surface area contributed by atoms with E-state index in [-0.39, 0.29) is 0 Å². The molecule has 0 saturated carbocycles. The van der Waals surface area contributed by atoms with Crippen LogP contribution in [0.15, 0.2) is 194 Å². The predicted molar refractivity (Wildman–Crippen MR) is 206 cm³/mol. The van der Waals surface area contributed by atoms with Crippen LogP contribution in [0, 0.1) is 0 Å². The molecule has 0 heteroatoms. The van der Waals surface area contributed by atoms with Crippen molar-refractivity contribution < 1.29 is 0 Å². The zero-order valence-corrected chi connectivity index (χ0v) is 26.5. The third-order valence-corrected chi connectivity index (χ3v) is 9.67. The lowest BCUT2D eigenvalue weighted by Crippen LogP contribution is -1.91. The van der Waals surface area contributed by atoms with Crippen LogP contribution in [0.5, 0.6) is 0 Å². The third-order valence-electron chi connectivity index (χ3n) is 9.67. The minimum Gasteiger partial charge on any atom is -0.0622 e. The van der Waals surface area contributed by atoms with Crippen LogP contribution in [-0.4, -0.2) is 0 Å². The van der Waals surface area contributed by atoms with Gasteiger partial charge >= 0.3 is 0 Å². The molecule has 0 aliphatic rings. The summed E-state index contributed by atoms with van der Waals surface area (Å²) in [7, 11) is 0. The van der Waals surface area contributed by atoms with Crippen molar-refractivity contribution in [1.82, 2.24) is 0 Å². The highest BCUT2D eigenvalue weighted by atomic mass is 14.2. The van der Waals surface area contributed by atoms with Gasteiger partial charge in [0, 0.05) is 0 Å². The molecule has 0 saturated heterocycles. The first-order valence-corrected chi connectivity index (χ1v) is 16.6. The van der Waals surface area contributed by atoms with Crippen LogP contribution in [0.25, 0.3) is 88.0 Å². The summed E-state index contributed by atoms with van der Waals surface area (Å²) in [6.45, 7) is 0. The number of hydrogen-bond donors (Lipinski definition) is 0. The molecule has 0 unspecified atom stereocenters. The highest BCUT2D eigenvalue weighted by Crippen LogP contribution is 2.45. The molecule has 0 atom stereocenters. The Bertz CT molecular complexity index is 2520. The standard InChI is InChI=1S/C48H32/c1-3-13-33(14-4-1)34-25-27-35(28-26-34)38-18-11-19-39(31-38)40-30-29-36-17-12-24-45(46(36)32-40)48-43-22-9-7-20-41(43)47(37-15-5-2-6-16-37)42-21-8-10-23-44(42)48/h1-32H. The molecule has 0 heterocycles. The fourth-order valence-electron chi connectivity index (χ4n) is 7.37. The van der Waals surface area contributed by atoms with Gasteiger partial charge in [-0.3, -0.25) is 0 Å². The van der Waals surface area contributed by atoms with Crippen LogP contribution in [0.3, 0.4) is 0 Å². The van der Waals surface area contributed by atoms with Gasteiger partial charge in [0.25, 0.3) is 0 Å². The summed E-state index contributed by atoms with van der Waals surface area (Å²) in [6.07, 6.45) is 0. The molecule has 224 valence electrons. The van der Waals surface area contributed by atoms with Crippen molar-refractivity contribution in [3.63, 3.8) is 0 Å². The summed E-state index contributed by atoms with van der Waals surface area (Å²) in [6, 6.07) is 70.7. The van der Waals surface area contributed by atoms with E-state index in [1.165, 1.54) is 88.0 Å². The van der Waals surface area contributed by atoms with Crippen molar-refractivity contribution in [3.05, 3.63) is 194 Å². The molecular weight excluding hydrogens is 577 g/mol. The Morgan fingerprint density at radius 2 is 0.625 bits per heavy atom. The number of fused-ring (bicyclic) bond motifs is 3. The summed E-state index contributed by atoms with van der Waals surface area (Å²) in [5, 5.41) is 7.59. The summed E-state index contributed by atoms with van der Waals surface area (Å²) >= 11 is 0. The Kier molecular flexibility index (Phi) is 6.91. The van der Waals surface area contributed by atoms with E-state index in [9.17, 15) is 0 Å². The van der Waals surface area contributed by atoms with E-state index >= 15 is 0 Å². The molecule has 9 rings (SSSR count). The second kappa shape index (κ2) is 11.8. The normalized spacial score (nSPS) is 11.3. The van der Waals surface area contributed by atoms with E-state index in [0.717, 1.165) is 0 Å². The average Bonchev–Trinajstić information content (AvgIpc) is 3.17. The van der Waals surface area contributed by atoms with Gasteiger partial charge < -0.3 is 0 Å². The van der Waals surface area contributed by atoms with E-state index in [2.05, 4.69) is 194 Å². The fourth-order valence-corrected chi connectivity index (χ4v) is 7.37. The van der Waals surface area contributed by atoms with Gasteiger partial charge in [-0.1, -0.05) is 182 Å². The van der Waals surface area contributed by atoms with Crippen molar-refractivity contribution in [2.24, 2.45) is 0 Å². The minimum absolute atomic E-state index is 1.21. The van der Waals surface area contributed by atoms with E-state index in [4.69, 9.17) is 0 Å². The molecule has 0 aliphatic heterocycles. The lowest BCUT2D eigenvalue weighted by Gasteiger charge is -2.19. The molecule has 48 heavy (non-hydrogen) atoms. The number of hydrogen-bond acceptors (Lipinski definition) is 0. The smallest absolute Gasteiger partial charge is 0.00201 e. The molecule has 0 nitrogen and oxygen atoms in total. The van der Waals surface area contributed by atoms with Crippen molar-refractivity contribution >= 4 is 32.3 Å². The fraction of sp³-hybridized carbons (Fsp3) is 0. The van der Waals surface area contributed by atoms with Gasteiger partial charge in [-0.15, -0.1) is 0 Å². The first-order chi connectivity index (χ1) is 23.8. The van der Waals surface area contributed by atoms with Crippen LogP contribution in [0.2, 0.25) is 0 Å². The van der Waals surface area contributed by atoms with Crippen molar-refractivity contribution in [3.8, 4) is 55.6 Å². The molecular formula is C48H32. The Morgan fingerprint density at radius 3 is 1.25 bits per heavy atom. The SMILES string of the molecule is c1ccc(-c2ccc(-c3cccc(-c4ccc5cccc(-c6c7ccccc7c(-c7ccccc7)c7ccccc67)c5c4)c3)cc2)cc1. The van der Waals surface area contributed by atoms with Crippen LogP contribution in [-0.2, 0) is 0 Å². The summed E-state index contributed by atoms with van der Waals surface area (Å²) in [5.74, 6) is 0. The van der Waals surface area contributed by atoms with Gasteiger partial charge in [-0.05, 0) is 100 Å². The van der Waals surface area contributed by atoms with Gasteiger partial charge in [0.1, 0.15) is 0 Å². The molecule has 0 N–H and O–H groups in total. The van der Waals surface area contributed by atoms with Crippen LogP contribution >= 0.6 is 0 Å². The largest absolute Gasteiger partial charge is 0.0622 e. The molecule has 0 fully saturated rings. The van der Waals surface area contributed by atoms with Crippen molar-refractivity contribution in [1.29, 1.82) is 0 Å². The van der Waals surface area contributed by atoms with E-state index in [1.807, 2.05) is 0 Å². The van der Waals surface area contributed by atoms with E-state index in [0.29, 0.717) is 0 Å². The van der Waals surface area contributed by atoms with Crippen LogP contribution < -0.4 is 0 Å². The Labute approximate surface area is 281 Å². The van der Waals surface area contributed by atoms with E-state index < -0.39 is 0 Å². The maximum absolute atomic E-state index is 2.39. The quantitative estimate of drug-likeness (QED) is 0.171. The molecule has 0 radical (unpaired) electrons. The zero-order chi connectivity index (χ0) is 31.9. The van der Waals surface area contributed by atoms with Crippen molar-refractivity contribution in [2.75, 3.05) is 0 Å². The molecule has 0 bridgehead atoms. The summed E-state index contributed by atoms with van der Waals surface area (Å²) < 4.78 is 0. The van der Waals surface area contributed by atoms with Crippen LogP contribution in [0.1, 0.15) is 0 Å². The average molecular weight is 609 g/mol. The van der Waals surface area contributed by atoms with Crippen LogP contribution in [0.4, 0.5) is 0 Å². The maximum atomic E-state index is 2.39. The Balaban J connectivity index is 1.20. The second-order valence-electron chi connectivity index (χ2n) is 12.5. The zero-order valence-electron chi connectivity index (χ0n) is 26.5. The molecule has 0 spiro atoms. The third kappa shape index (κ3) is 4.87. The second-order valence-corrected chi connectivity index (χ2v) is 12.5. The molecule has 0 aliphatic carbocycles. The van der Waals surface area contributed by atoms with E-state index in [1.54, 1.807) is 0 Å². The van der Waals surface area contributed by atoms with Gasteiger partial charge in [-0.25, -0.2) is 0 Å². The number of rotatable bonds is 5. The monoisotopic (exact) mass is 608 g/mol. The molecule has 0 amide bonds. The minimum atomic E-state index is 1.21. The van der Waals surface area contributed by atoms with Gasteiger partial charge in [0.15, 0.2) is 0 Å². The van der Waals surface area contributed by atoms with Gasteiger partial charge in [0.05, 0.1) is 0 Å². The predicted octanol–water partition coefficient (Wildman–Crippen LogP) is 13.5. The Hall–Kier alpha value is -6.24. The molecule has 0 aromatic heterocycles. The van der Waals surface area contributed by atoms with Gasteiger partial charge in [-0.2, -0.15) is 0 Å². The lowest BCUT2D eigenvalue weighted by atomic mass is 9.84. The molecule has 9 aromatic rings. The first-order valence-electron chi connectivity index (χ1n) is 16.6. The molecule has 9 aromatic carbocycles. The Morgan fingerprint density at radius 1 is 0.208 bits per heavy atom. The topological polar surface area (TPSA) is 0 Å². The summed E-state index contributed by atoms with van der Waals surface area (Å²) in [5.41, 5.74) is 12.4. The van der Waals surface area contributed by atoms with Gasteiger partial charge in [0.2, 0.25) is 0 Å². The highest BCUT2D eigenvalue weighted by Gasteiger charge is 2.18.